The summed E-state index contributed by atoms with van der Waals surface area (Å²) < 4.78 is 5.55. The van der Waals surface area contributed by atoms with Crippen molar-refractivity contribution >= 4 is 23.7 Å². The van der Waals surface area contributed by atoms with Gasteiger partial charge >= 0.3 is 12.1 Å². The van der Waals surface area contributed by atoms with Crippen LogP contribution >= 0.6 is 0 Å². The molecule has 0 radical (unpaired) electrons. The Balaban J connectivity index is 1.47. The van der Waals surface area contributed by atoms with Crippen LogP contribution in [0.1, 0.15) is 48.3 Å². The van der Waals surface area contributed by atoms with Crippen molar-refractivity contribution in [3.63, 3.8) is 0 Å². The molecule has 3 aromatic rings. The zero-order valence-electron chi connectivity index (χ0n) is 19.7. The second-order valence-electron chi connectivity index (χ2n) is 9.46. The van der Waals surface area contributed by atoms with Crippen LogP contribution in [-0.4, -0.2) is 40.7 Å². The Morgan fingerprint density at radius 1 is 0.971 bits per heavy atom. The smallest absolute Gasteiger partial charge is 0.411 e. The molecule has 35 heavy (non-hydrogen) atoms. The number of hydrogen-bond acceptors (Lipinski definition) is 5. The number of aliphatic carboxylic acids is 1. The van der Waals surface area contributed by atoms with Gasteiger partial charge in [-0.25, -0.2) is 14.6 Å². The highest BCUT2D eigenvalue weighted by Gasteiger charge is 2.34. The number of carboxylic acid groups (broad SMARTS) is 1. The number of anilines is 1. The quantitative estimate of drug-likeness (QED) is 0.479. The molecule has 180 valence electrons. The molecule has 1 heterocycles. The summed E-state index contributed by atoms with van der Waals surface area (Å²) in [4.78, 5) is 41.2. The summed E-state index contributed by atoms with van der Waals surface area (Å²) in [5, 5.41) is 14.6. The molecule has 2 aromatic carbocycles. The largest absolute Gasteiger partial charge is 0.480 e. The molecule has 8 heteroatoms. The fourth-order valence-electron chi connectivity index (χ4n) is 4.28. The van der Waals surface area contributed by atoms with Crippen LogP contribution in [-0.2, 0) is 9.53 Å². The first-order chi connectivity index (χ1) is 16.7. The number of hydrogen-bond donors (Lipinski definition) is 3. The summed E-state index contributed by atoms with van der Waals surface area (Å²) in [6, 6.07) is 18.0. The van der Waals surface area contributed by atoms with Crippen molar-refractivity contribution < 1.29 is 24.2 Å². The van der Waals surface area contributed by atoms with E-state index in [1.54, 1.807) is 26.8 Å². The molecule has 1 aromatic heterocycles. The summed E-state index contributed by atoms with van der Waals surface area (Å²) in [6.07, 6.45) is 0.657. The molecule has 0 spiro atoms. The van der Waals surface area contributed by atoms with Gasteiger partial charge in [0.2, 0.25) is 0 Å². The molecule has 2 amide bonds. The second kappa shape index (κ2) is 9.58. The SMILES string of the molecule is CC(C)(C)[C@H](NC(=O)c1ncccc1NC(=O)OCC1c2ccccc2-c2ccccc21)C(=O)O. The first-order valence-electron chi connectivity index (χ1n) is 11.3. The molecule has 0 aliphatic heterocycles. The van der Waals surface area contributed by atoms with Crippen LogP contribution in [0.15, 0.2) is 66.9 Å². The van der Waals surface area contributed by atoms with Gasteiger partial charge in [0.25, 0.3) is 5.91 Å². The Hall–Kier alpha value is -4.20. The van der Waals surface area contributed by atoms with Gasteiger partial charge in [-0.3, -0.25) is 10.1 Å². The van der Waals surface area contributed by atoms with Gasteiger partial charge in [-0.15, -0.1) is 0 Å². The fraction of sp³-hybridized carbons (Fsp3) is 0.259. The summed E-state index contributed by atoms with van der Waals surface area (Å²) in [5.74, 6) is -1.97. The maximum absolute atomic E-state index is 12.8. The van der Waals surface area contributed by atoms with E-state index in [0.717, 1.165) is 22.3 Å². The fourth-order valence-corrected chi connectivity index (χ4v) is 4.28. The number of pyridine rings is 1. The van der Waals surface area contributed by atoms with E-state index >= 15 is 0 Å². The van der Waals surface area contributed by atoms with Crippen LogP contribution in [0.3, 0.4) is 0 Å². The number of nitrogens with one attached hydrogen (secondary N) is 2. The third-order valence-corrected chi connectivity index (χ3v) is 5.99. The van der Waals surface area contributed by atoms with E-state index in [-0.39, 0.29) is 23.9 Å². The summed E-state index contributed by atoms with van der Waals surface area (Å²) in [7, 11) is 0. The van der Waals surface area contributed by atoms with Crippen molar-refractivity contribution in [2.45, 2.75) is 32.7 Å². The lowest BCUT2D eigenvalue weighted by molar-refractivity contribution is -0.142. The highest BCUT2D eigenvalue weighted by atomic mass is 16.5. The summed E-state index contributed by atoms with van der Waals surface area (Å²) in [5.41, 5.74) is 3.72. The molecule has 1 aliphatic rings. The minimum absolute atomic E-state index is 0.100. The number of aromatic nitrogens is 1. The molecular formula is C27H27N3O5. The highest BCUT2D eigenvalue weighted by molar-refractivity contribution is 6.02. The predicted octanol–water partition coefficient (Wildman–Crippen LogP) is 4.67. The van der Waals surface area contributed by atoms with E-state index in [0.29, 0.717) is 0 Å². The first kappa shape index (κ1) is 23.9. The number of carbonyl (C=O) groups is 3. The standard InChI is InChI=1S/C27H27N3O5/c1-27(2,3)23(25(32)33)30-24(31)22-21(13-8-14-28-22)29-26(34)35-15-20-18-11-6-4-9-16(18)17-10-5-7-12-19(17)20/h4-14,20,23H,15H2,1-3H3,(H,29,34)(H,30,31)(H,32,33)/t23-/m1/s1. The molecule has 3 N–H and O–H groups in total. The minimum atomic E-state index is -1.16. The van der Waals surface area contributed by atoms with E-state index in [1.165, 1.54) is 12.3 Å². The van der Waals surface area contributed by atoms with Gasteiger partial charge in [-0.2, -0.15) is 0 Å². The number of carbonyl (C=O) groups excluding carboxylic acids is 2. The zero-order chi connectivity index (χ0) is 25.2. The molecule has 8 nitrogen and oxygen atoms in total. The average molecular weight is 474 g/mol. The Morgan fingerprint density at radius 3 is 2.14 bits per heavy atom. The lowest BCUT2D eigenvalue weighted by Gasteiger charge is -2.27. The number of ether oxygens (including phenoxy) is 1. The van der Waals surface area contributed by atoms with Crippen LogP contribution in [0.25, 0.3) is 11.1 Å². The Morgan fingerprint density at radius 2 is 1.57 bits per heavy atom. The molecule has 0 unspecified atom stereocenters. The van der Waals surface area contributed by atoms with Crippen molar-refractivity contribution in [3.05, 3.63) is 83.7 Å². The lowest BCUT2D eigenvalue weighted by atomic mass is 9.86. The van der Waals surface area contributed by atoms with Gasteiger partial charge in [-0.1, -0.05) is 69.3 Å². The van der Waals surface area contributed by atoms with Gasteiger partial charge in [0.1, 0.15) is 12.6 Å². The van der Waals surface area contributed by atoms with E-state index in [4.69, 9.17) is 4.74 Å². The molecule has 0 saturated carbocycles. The highest BCUT2D eigenvalue weighted by Crippen LogP contribution is 2.44. The van der Waals surface area contributed by atoms with Gasteiger partial charge < -0.3 is 15.2 Å². The van der Waals surface area contributed by atoms with Crippen LogP contribution in [0.2, 0.25) is 0 Å². The van der Waals surface area contributed by atoms with Gasteiger partial charge in [0.15, 0.2) is 5.69 Å². The van der Waals surface area contributed by atoms with Crippen LogP contribution < -0.4 is 10.6 Å². The van der Waals surface area contributed by atoms with Crippen molar-refractivity contribution in [1.82, 2.24) is 10.3 Å². The van der Waals surface area contributed by atoms with Crippen molar-refractivity contribution in [2.24, 2.45) is 5.41 Å². The van der Waals surface area contributed by atoms with Gasteiger partial charge in [0.05, 0.1) is 5.69 Å². The van der Waals surface area contributed by atoms with E-state index in [1.807, 2.05) is 36.4 Å². The number of rotatable bonds is 6. The number of fused-ring (bicyclic) bond motifs is 3. The predicted molar refractivity (Wildman–Crippen MR) is 131 cm³/mol. The molecule has 0 saturated heterocycles. The van der Waals surface area contributed by atoms with E-state index in [9.17, 15) is 19.5 Å². The third kappa shape index (κ3) is 5.01. The Bertz CT molecular complexity index is 1240. The molecule has 0 bridgehead atoms. The maximum atomic E-state index is 12.8. The first-order valence-corrected chi connectivity index (χ1v) is 11.3. The molecule has 1 atom stereocenters. The monoisotopic (exact) mass is 473 g/mol. The van der Waals surface area contributed by atoms with E-state index < -0.39 is 29.4 Å². The van der Waals surface area contributed by atoms with Crippen molar-refractivity contribution in [2.75, 3.05) is 11.9 Å². The molecule has 1 aliphatic carbocycles. The second-order valence-corrected chi connectivity index (χ2v) is 9.46. The summed E-state index contributed by atoms with van der Waals surface area (Å²) in [6.45, 7) is 5.24. The van der Waals surface area contributed by atoms with E-state index in [2.05, 4.69) is 27.8 Å². The molecular weight excluding hydrogens is 446 g/mol. The van der Waals surface area contributed by atoms with Gasteiger partial charge in [-0.05, 0) is 39.8 Å². The van der Waals surface area contributed by atoms with Gasteiger partial charge in [0, 0.05) is 12.1 Å². The van der Waals surface area contributed by atoms with Crippen LogP contribution in [0, 0.1) is 5.41 Å². The number of carboxylic acids is 1. The van der Waals surface area contributed by atoms with Crippen LogP contribution in [0.4, 0.5) is 10.5 Å². The Kier molecular flexibility index (Phi) is 6.55. The van der Waals surface area contributed by atoms with Crippen LogP contribution in [0.5, 0.6) is 0 Å². The molecule has 0 fully saturated rings. The number of nitrogens with zero attached hydrogens (tertiary/aromatic N) is 1. The number of benzene rings is 2. The topological polar surface area (TPSA) is 118 Å². The third-order valence-electron chi connectivity index (χ3n) is 5.99. The normalized spacial score (nSPS) is 13.3. The zero-order valence-corrected chi connectivity index (χ0v) is 19.7. The molecule has 4 rings (SSSR count). The lowest BCUT2D eigenvalue weighted by Crippen LogP contribution is -2.49. The van der Waals surface area contributed by atoms with Crippen molar-refractivity contribution in [1.29, 1.82) is 0 Å². The minimum Gasteiger partial charge on any atom is -0.480 e. The average Bonchev–Trinajstić information content (AvgIpc) is 3.14. The summed E-state index contributed by atoms with van der Waals surface area (Å²) >= 11 is 0. The number of amides is 2. The maximum Gasteiger partial charge on any atom is 0.411 e. The Labute approximate surface area is 203 Å². The van der Waals surface area contributed by atoms with Crippen molar-refractivity contribution in [3.8, 4) is 11.1 Å².